The van der Waals surface area contributed by atoms with Crippen molar-refractivity contribution in [2.45, 2.75) is 0 Å². The maximum atomic E-state index is 12.1. The van der Waals surface area contributed by atoms with E-state index in [2.05, 4.69) is 15.3 Å². The number of aromatic amines is 1. The third-order valence-corrected chi connectivity index (χ3v) is 4.28. The van der Waals surface area contributed by atoms with E-state index in [0.717, 1.165) is 0 Å². The zero-order chi connectivity index (χ0) is 14.8. The summed E-state index contributed by atoms with van der Waals surface area (Å²) >= 11 is 2.71. The molecular weight excluding hydrogens is 310 g/mol. The second kappa shape index (κ2) is 5.51. The molecule has 0 aliphatic heterocycles. The van der Waals surface area contributed by atoms with E-state index >= 15 is 0 Å². The first-order valence-corrected chi connectivity index (χ1v) is 7.63. The lowest BCUT2D eigenvalue weighted by atomic mass is 10.3. The Morgan fingerprint density at radius 3 is 2.67 bits per heavy atom. The summed E-state index contributed by atoms with van der Waals surface area (Å²) in [6.07, 6.45) is 0. The average molecular weight is 319 g/mol. The van der Waals surface area contributed by atoms with Crippen LogP contribution < -0.4 is 10.9 Å². The third-order valence-electron chi connectivity index (χ3n) is 2.62. The zero-order valence-electron chi connectivity index (χ0n) is 10.5. The Hall–Kier alpha value is -2.45. The van der Waals surface area contributed by atoms with Crippen molar-refractivity contribution in [2.75, 3.05) is 5.32 Å². The molecule has 3 aromatic heterocycles. The molecule has 0 unspecified atom stereocenters. The summed E-state index contributed by atoms with van der Waals surface area (Å²) in [5.41, 5.74) is -1.04. The van der Waals surface area contributed by atoms with Gasteiger partial charge < -0.3 is 15.4 Å². The minimum atomic E-state index is -0.746. The molecule has 8 heteroatoms. The highest BCUT2D eigenvalue weighted by atomic mass is 32.1. The van der Waals surface area contributed by atoms with Gasteiger partial charge in [-0.15, -0.1) is 22.7 Å². The summed E-state index contributed by atoms with van der Waals surface area (Å²) in [7, 11) is 0. The van der Waals surface area contributed by atoms with Gasteiger partial charge in [-0.25, -0.2) is 4.98 Å². The highest BCUT2D eigenvalue weighted by molar-refractivity contribution is 7.14. The molecule has 6 nitrogen and oxygen atoms in total. The molecule has 0 aliphatic rings. The number of thiophene rings is 2. The summed E-state index contributed by atoms with van der Waals surface area (Å²) in [5, 5.41) is 16.6. The largest absolute Gasteiger partial charge is 0.501 e. The Labute approximate surface area is 126 Å². The van der Waals surface area contributed by atoms with Crippen molar-refractivity contribution < 1.29 is 9.90 Å². The summed E-state index contributed by atoms with van der Waals surface area (Å²) in [6.45, 7) is 0. The lowest BCUT2D eigenvalue weighted by Gasteiger charge is -2.05. The molecule has 3 heterocycles. The predicted octanol–water partition coefficient (Wildman–Crippen LogP) is 2.52. The van der Waals surface area contributed by atoms with E-state index in [9.17, 15) is 14.7 Å². The van der Waals surface area contributed by atoms with Crippen LogP contribution in [0.3, 0.4) is 0 Å². The quantitative estimate of drug-likeness (QED) is 0.691. The van der Waals surface area contributed by atoms with Crippen LogP contribution in [0.15, 0.2) is 39.8 Å². The number of anilines is 1. The number of nitrogens with zero attached hydrogens (tertiary/aromatic N) is 1. The highest BCUT2D eigenvalue weighted by Crippen LogP contribution is 2.23. The number of carbonyl (C=O) groups is 1. The van der Waals surface area contributed by atoms with E-state index in [1.807, 2.05) is 5.38 Å². The van der Waals surface area contributed by atoms with Gasteiger partial charge in [-0.3, -0.25) is 9.59 Å². The van der Waals surface area contributed by atoms with E-state index in [0.29, 0.717) is 9.88 Å². The Kier molecular flexibility index (Phi) is 3.55. The minimum Gasteiger partial charge on any atom is -0.501 e. The molecule has 3 rings (SSSR count). The summed E-state index contributed by atoms with van der Waals surface area (Å²) < 4.78 is 0. The maximum Gasteiger partial charge on any atom is 0.294 e. The van der Waals surface area contributed by atoms with Crippen LogP contribution >= 0.6 is 22.7 Å². The minimum absolute atomic E-state index is 0.254. The third kappa shape index (κ3) is 2.71. The fourth-order valence-corrected chi connectivity index (χ4v) is 2.96. The normalized spacial score (nSPS) is 10.5. The molecule has 0 saturated carbocycles. The molecule has 0 saturated heterocycles. The molecule has 0 aromatic carbocycles. The number of carbonyl (C=O) groups excluding carboxylic acids is 1. The highest BCUT2D eigenvalue weighted by Gasteiger charge is 2.19. The van der Waals surface area contributed by atoms with Crippen molar-refractivity contribution >= 4 is 33.6 Å². The van der Waals surface area contributed by atoms with E-state index < -0.39 is 17.2 Å². The van der Waals surface area contributed by atoms with Gasteiger partial charge in [-0.2, -0.15) is 0 Å². The van der Waals surface area contributed by atoms with Crippen LogP contribution in [0, 0.1) is 0 Å². The molecule has 0 atom stereocenters. The monoisotopic (exact) mass is 319 g/mol. The topological polar surface area (TPSA) is 95.1 Å². The summed E-state index contributed by atoms with van der Waals surface area (Å²) in [5.74, 6) is -1.06. The molecule has 0 bridgehead atoms. The second-order valence-electron chi connectivity index (χ2n) is 4.02. The van der Waals surface area contributed by atoms with Crippen molar-refractivity contribution in [3.63, 3.8) is 0 Å². The molecule has 0 fully saturated rings. The Bertz CT molecular complexity index is 823. The van der Waals surface area contributed by atoms with Crippen molar-refractivity contribution in [2.24, 2.45) is 0 Å². The van der Waals surface area contributed by atoms with Crippen molar-refractivity contribution in [1.82, 2.24) is 9.97 Å². The second-order valence-corrected chi connectivity index (χ2v) is 5.92. The first kappa shape index (κ1) is 13.5. The fraction of sp³-hybridized carbons (Fsp3) is 0. The fourth-order valence-electron chi connectivity index (χ4n) is 1.68. The number of hydrogen-bond donors (Lipinski definition) is 3. The first-order valence-electron chi connectivity index (χ1n) is 5.87. The molecule has 3 N–H and O–H groups in total. The van der Waals surface area contributed by atoms with Crippen LogP contribution in [0.1, 0.15) is 10.5 Å². The van der Waals surface area contributed by atoms with Crippen molar-refractivity contribution in [1.29, 1.82) is 0 Å². The first-order chi connectivity index (χ1) is 10.1. The van der Waals surface area contributed by atoms with Crippen LogP contribution in [0.4, 0.5) is 5.00 Å². The average Bonchev–Trinajstić information content (AvgIpc) is 3.14. The van der Waals surface area contributed by atoms with Crippen LogP contribution in [-0.2, 0) is 0 Å². The van der Waals surface area contributed by atoms with Gasteiger partial charge in [0, 0.05) is 0 Å². The van der Waals surface area contributed by atoms with Gasteiger partial charge in [0.2, 0.25) is 5.75 Å². The van der Waals surface area contributed by atoms with E-state index in [1.165, 1.54) is 22.7 Å². The van der Waals surface area contributed by atoms with Crippen LogP contribution in [0.25, 0.3) is 10.7 Å². The van der Waals surface area contributed by atoms with Crippen molar-refractivity contribution in [3.8, 4) is 16.5 Å². The number of rotatable bonds is 3. The Morgan fingerprint density at radius 2 is 2.00 bits per heavy atom. The summed E-state index contributed by atoms with van der Waals surface area (Å²) in [4.78, 5) is 31.1. The van der Waals surface area contributed by atoms with Gasteiger partial charge in [0.1, 0.15) is 0 Å². The van der Waals surface area contributed by atoms with Crippen LogP contribution in [0.5, 0.6) is 5.75 Å². The standard InChI is InChI=1S/C13H9N3O3S2/c17-10-9(12(18)14-8-4-2-6-21-8)15-11(16-13(10)19)7-3-1-5-20-7/h1-6,17H,(H,14,18)(H,15,16,19). The number of nitrogens with one attached hydrogen (secondary N) is 2. The predicted molar refractivity (Wildman–Crippen MR) is 82.1 cm³/mol. The SMILES string of the molecule is O=C(Nc1cccs1)c1nc(-c2cccs2)[nH]c(=O)c1O. The number of amides is 1. The van der Waals surface area contributed by atoms with Gasteiger partial charge in [-0.05, 0) is 29.0 Å². The molecule has 0 spiro atoms. The molecular formula is C13H9N3O3S2. The van der Waals surface area contributed by atoms with Gasteiger partial charge >= 0.3 is 0 Å². The van der Waals surface area contributed by atoms with Gasteiger partial charge in [0.05, 0.1) is 9.88 Å². The van der Waals surface area contributed by atoms with E-state index in [1.54, 1.807) is 29.6 Å². The number of aromatic hydroxyl groups is 1. The number of hydrogen-bond acceptors (Lipinski definition) is 6. The molecule has 0 aliphatic carbocycles. The summed E-state index contributed by atoms with van der Waals surface area (Å²) in [6, 6.07) is 7.06. The molecule has 0 radical (unpaired) electrons. The van der Waals surface area contributed by atoms with E-state index in [4.69, 9.17) is 0 Å². The Balaban J connectivity index is 2.01. The zero-order valence-corrected chi connectivity index (χ0v) is 12.1. The van der Waals surface area contributed by atoms with Crippen LogP contribution in [-0.4, -0.2) is 21.0 Å². The number of aromatic nitrogens is 2. The van der Waals surface area contributed by atoms with Gasteiger partial charge in [-0.1, -0.05) is 6.07 Å². The molecule has 1 amide bonds. The van der Waals surface area contributed by atoms with Gasteiger partial charge in [0.25, 0.3) is 11.5 Å². The van der Waals surface area contributed by atoms with Crippen molar-refractivity contribution in [3.05, 3.63) is 51.1 Å². The van der Waals surface area contributed by atoms with E-state index in [-0.39, 0.29) is 11.5 Å². The maximum absolute atomic E-state index is 12.1. The molecule has 3 aromatic rings. The molecule has 106 valence electrons. The van der Waals surface area contributed by atoms with Gasteiger partial charge in [0.15, 0.2) is 11.5 Å². The Morgan fingerprint density at radius 1 is 1.24 bits per heavy atom. The smallest absolute Gasteiger partial charge is 0.294 e. The molecule has 21 heavy (non-hydrogen) atoms. The lowest BCUT2D eigenvalue weighted by molar-refractivity contribution is 0.101. The number of H-pyrrole nitrogens is 1. The van der Waals surface area contributed by atoms with Crippen LogP contribution in [0.2, 0.25) is 0 Å². The lowest BCUT2D eigenvalue weighted by Crippen LogP contribution is -2.19.